The molecule has 1 aliphatic heterocycles. The lowest BCUT2D eigenvalue weighted by Crippen LogP contribution is -2.39. The van der Waals surface area contributed by atoms with Crippen molar-refractivity contribution in [3.8, 4) is 17.2 Å². The maximum Gasteiger partial charge on any atom is 0.337 e. The van der Waals surface area contributed by atoms with Crippen molar-refractivity contribution in [1.29, 1.82) is 0 Å². The second kappa shape index (κ2) is 12.3. The third kappa shape index (κ3) is 5.60. The predicted molar refractivity (Wildman–Crippen MR) is 153 cm³/mol. The quantitative estimate of drug-likeness (QED) is 0.307. The van der Waals surface area contributed by atoms with Crippen LogP contribution in [0.1, 0.15) is 37.9 Å². The first-order chi connectivity index (χ1) is 18.3. The average molecular weight is 666 g/mol. The van der Waals surface area contributed by atoms with E-state index in [4.69, 9.17) is 18.9 Å². The number of methoxy groups -OCH3 is 1. The van der Waals surface area contributed by atoms with Gasteiger partial charge in [0, 0.05) is 16.2 Å². The van der Waals surface area contributed by atoms with Gasteiger partial charge in [-0.15, -0.1) is 0 Å². The molecule has 3 aromatic rings. The van der Waals surface area contributed by atoms with Crippen LogP contribution in [0.5, 0.6) is 17.2 Å². The molecule has 2 aromatic carbocycles. The first-order valence-corrected chi connectivity index (χ1v) is 14.3. The van der Waals surface area contributed by atoms with Crippen LogP contribution in [0, 0.1) is 0 Å². The van der Waals surface area contributed by atoms with Crippen LogP contribution in [0.4, 0.5) is 0 Å². The number of fused-ring (bicyclic) bond motifs is 1. The SMILES string of the molecule is CCOc1ccc([C@@H]2C(C(=O)OC)=CN=c3s/c(=C/c4cc(Br)cc(Br)c4OCC)c(=O)n32)cc1OCC. The Hall–Kier alpha value is -2.89. The summed E-state index contributed by atoms with van der Waals surface area (Å²) in [5.41, 5.74) is 1.33. The molecule has 8 nitrogen and oxygen atoms in total. The summed E-state index contributed by atoms with van der Waals surface area (Å²) in [7, 11) is 1.30. The smallest absolute Gasteiger partial charge is 0.337 e. The van der Waals surface area contributed by atoms with E-state index in [1.165, 1.54) is 29.2 Å². The molecular formula is C27H26Br2N2O6S. The Kier molecular flexibility index (Phi) is 9.11. The van der Waals surface area contributed by atoms with Crippen molar-refractivity contribution < 1.29 is 23.7 Å². The van der Waals surface area contributed by atoms with Gasteiger partial charge in [0.05, 0.1) is 47.6 Å². The molecule has 38 heavy (non-hydrogen) atoms. The molecule has 2 heterocycles. The molecule has 0 N–H and O–H groups in total. The number of nitrogens with zero attached hydrogens (tertiary/aromatic N) is 2. The molecule has 1 atom stereocenters. The van der Waals surface area contributed by atoms with Gasteiger partial charge in [0.25, 0.3) is 5.56 Å². The van der Waals surface area contributed by atoms with Crippen LogP contribution in [0.15, 0.2) is 60.8 Å². The van der Waals surface area contributed by atoms with Crippen LogP contribution in [0.25, 0.3) is 6.08 Å². The van der Waals surface area contributed by atoms with Crippen LogP contribution < -0.4 is 29.1 Å². The Bertz CT molecular complexity index is 1580. The molecule has 1 aromatic heterocycles. The monoisotopic (exact) mass is 664 g/mol. The third-order valence-electron chi connectivity index (χ3n) is 5.62. The summed E-state index contributed by atoms with van der Waals surface area (Å²) in [6, 6.07) is 8.38. The highest BCUT2D eigenvalue weighted by atomic mass is 79.9. The summed E-state index contributed by atoms with van der Waals surface area (Å²) >= 11 is 8.28. The molecule has 1 aliphatic rings. The minimum absolute atomic E-state index is 0.235. The predicted octanol–water partition coefficient (Wildman–Crippen LogP) is 4.74. The summed E-state index contributed by atoms with van der Waals surface area (Å²) in [5, 5.41) is 0. The average Bonchev–Trinajstić information content (AvgIpc) is 3.21. The number of aromatic nitrogens is 1. The van der Waals surface area contributed by atoms with Gasteiger partial charge >= 0.3 is 5.97 Å². The summed E-state index contributed by atoms with van der Waals surface area (Å²) < 4.78 is 25.9. The molecular weight excluding hydrogens is 640 g/mol. The topological polar surface area (TPSA) is 88.4 Å². The van der Waals surface area contributed by atoms with Gasteiger partial charge in [0.15, 0.2) is 16.3 Å². The second-order valence-corrected chi connectivity index (χ2v) is 10.8. The maximum absolute atomic E-state index is 13.9. The van der Waals surface area contributed by atoms with Crippen molar-refractivity contribution in [2.24, 2.45) is 4.99 Å². The number of hydrogen-bond donors (Lipinski definition) is 0. The molecule has 0 fully saturated rings. The van der Waals surface area contributed by atoms with E-state index in [-0.39, 0.29) is 11.1 Å². The molecule has 0 unspecified atom stereocenters. The molecule has 4 rings (SSSR count). The number of carbonyl (C=O) groups is 1. The fourth-order valence-corrected chi connectivity index (χ4v) is 6.45. The summed E-state index contributed by atoms with van der Waals surface area (Å²) in [6.45, 7) is 7.02. The van der Waals surface area contributed by atoms with Crippen molar-refractivity contribution in [2.45, 2.75) is 26.8 Å². The largest absolute Gasteiger partial charge is 0.492 e. The second-order valence-electron chi connectivity index (χ2n) is 7.99. The lowest BCUT2D eigenvalue weighted by atomic mass is 9.97. The zero-order valence-corrected chi connectivity index (χ0v) is 25.2. The minimum Gasteiger partial charge on any atom is -0.492 e. The molecule has 0 bridgehead atoms. The summed E-state index contributed by atoms with van der Waals surface area (Å²) in [6.07, 6.45) is 3.23. The fraction of sp³-hybridized carbons (Fsp3) is 0.296. The van der Waals surface area contributed by atoms with E-state index in [1.54, 1.807) is 18.2 Å². The number of hydrogen-bond acceptors (Lipinski definition) is 8. The van der Waals surface area contributed by atoms with Crippen molar-refractivity contribution in [1.82, 2.24) is 4.57 Å². The maximum atomic E-state index is 13.9. The Morgan fingerprint density at radius 1 is 1.05 bits per heavy atom. The number of rotatable bonds is 9. The van der Waals surface area contributed by atoms with Crippen molar-refractivity contribution in [3.05, 3.63) is 81.9 Å². The molecule has 0 radical (unpaired) electrons. The normalized spacial score (nSPS) is 14.8. The van der Waals surface area contributed by atoms with Gasteiger partial charge in [0.2, 0.25) is 0 Å². The molecule has 0 saturated carbocycles. The highest BCUT2D eigenvalue weighted by molar-refractivity contribution is 9.11. The van der Waals surface area contributed by atoms with E-state index in [9.17, 15) is 9.59 Å². The molecule has 200 valence electrons. The molecule has 0 saturated heterocycles. The molecule has 0 spiro atoms. The van der Waals surface area contributed by atoms with Crippen LogP contribution in [-0.4, -0.2) is 37.5 Å². The Morgan fingerprint density at radius 2 is 1.76 bits per heavy atom. The minimum atomic E-state index is -0.767. The van der Waals surface area contributed by atoms with Gasteiger partial charge < -0.3 is 18.9 Å². The standard InChI is InChI=1S/C27H26Br2N2O6S/c1-5-35-20-9-8-15(11-21(20)36-6-2)23-18(26(33)34-4)14-30-27-31(23)25(32)22(38-27)12-16-10-17(28)13-19(29)24(16)37-7-3/h8-14,23H,5-7H2,1-4H3/b22-12+/t23-/m1/s1. The first kappa shape index (κ1) is 28.1. The van der Waals surface area contributed by atoms with Crippen molar-refractivity contribution >= 4 is 55.2 Å². The highest BCUT2D eigenvalue weighted by Gasteiger charge is 2.31. The Labute approximate surface area is 240 Å². The van der Waals surface area contributed by atoms with Crippen LogP contribution >= 0.6 is 43.2 Å². The highest BCUT2D eigenvalue weighted by Crippen LogP contribution is 2.36. The van der Waals surface area contributed by atoms with E-state index in [1.807, 2.05) is 39.0 Å². The number of benzene rings is 2. The van der Waals surface area contributed by atoms with E-state index in [0.717, 1.165) is 14.5 Å². The zero-order chi connectivity index (χ0) is 27.4. The van der Waals surface area contributed by atoms with Crippen LogP contribution in [0.2, 0.25) is 0 Å². The van der Waals surface area contributed by atoms with Gasteiger partial charge in [-0.05, 0) is 72.6 Å². The van der Waals surface area contributed by atoms with Gasteiger partial charge in [-0.25, -0.2) is 9.79 Å². The van der Waals surface area contributed by atoms with Gasteiger partial charge in [-0.3, -0.25) is 9.36 Å². The molecule has 11 heteroatoms. The first-order valence-electron chi connectivity index (χ1n) is 11.9. The van der Waals surface area contributed by atoms with Crippen LogP contribution in [-0.2, 0) is 9.53 Å². The van der Waals surface area contributed by atoms with Crippen molar-refractivity contribution in [3.63, 3.8) is 0 Å². The fourth-order valence-electron chi connectivity index (χ4n) is 4.11. The van der Waals surface area contributed by atoms with E-state index in [2.05, 4.69) is 36.9 Å². The zero-order valence-electron chi connectivity index (χ0n) is 21.2. The van der Waals surface area contributed by atoms with Gasteiger partial charge in [0.1, 0.15) is 5.75 Å². The molecule has 0 amide bonds. The third-order valence-corrected chi connectivity index (χ3v) is 7.66. The molecule has 0 aliphatic carbocycles. The summed E-state index contributed by atoms with van der Waals surface area (Å²) in [4.78, 5) is 31.5. The number of esters is 1. The number of carbonyl (C=O) groups excluding carboxylic acids is 1. The number of thiazole rings is 1. The summed E-state index contributed by atoms with van der Waals surface area (Å²) in [5.74, 6) is 1.16. The Morgan fingerprint density at radius 3 is 2.45 bits per heavy atom. The van der Waals surface area contributed by atoms with Crippen molar-refractivity contribution in [2.75, 3.05) is 26.9 Å². The van der Waals surface area contributed by atoms with Gasteiger partial charge in [-0.1, -0.05) is 33.3 Å². The van der Waals surface area contributed by atoms with Crippen LogP contribution in [0.3, 0.4) is 0 Å². The lowest BCUT2D eigenvalue weighted by molar-refractivity contribution is -0.136. The number of halogens is 2. The van der Waals surface area contributed by atoms with E-state index in [0.29, 0.717) is 52.0 Å². The van der Waals surface area contributed by atoms with E-state index < -0.39 is 12.0 Å². The Balaban J connectivity index is 1.94. The number of ether oxygens (including phenoxy) is 4. The lowest BCUT2D eigenvalue weighted by Gasteiger charge is -2.23. The van der Waals surface area contributed by atoms with E-state index >= 15 is 0 Å². The van der Waals surface area contributed by atoms with Gasteiger partial charge in [-0.2, -0.15) is 0 Å².